The average molecular weight is 443 g/mol. The smallest absolute Gasteiger partial charge is 0.256 e. The normalized spacial score (nSPS) is 14.8. The van der Waals surface area contributed by atoms with Crippen LogP contribution in [0.1, 0.15) is 34.8 Å². The molecule has 0 aliphatic carbocycles. The number of aryl methyl sites for hydroxylation is 1. The number of hydrogen-bond acceptors (Lipinski definition) is 5. The number of anilines is 1. The van der Waals surface area contributed by atoms with Gasteiger partial charge in [0.15, 0.2) is 17.5 Å². The minimum atomic E-state index is -1.09. The molecule has 0 radical (unpaired) electrons. The fourth-order valence-corrected chi connectivity index (χ4v) is 4.16. The summed E-state index contributed by atoms with van der Waals surface area (Å²) in [6, 6.07) is 5.75. The average Bonchev–Trinajstić information content (AvgIpc) is 3.19. The summed E-state index contributed by atoms with van der Waals surface area (Å²) in [5, 5.41) is 0. The van der Waals surface area contributed by atoms with E-state index in [2.05, 4.69) is 11.1 Å². The lowest BCUT2D eigenvalue weighted by atomic mass is 9.92. The van der Waals surface area contributed by atoms with Gasteiger partial charge in [-0.2, -0.15) is 0 Å². The van der Waals surface area contributed by atoms with Crippen molar-refractivity contribution < 1.29 is 18.3 Å². The van der Waals surface area contributed by atoms with Gasteiger partial charge in [0.2, 0.25) is 0 Å². The molecule has 1 aliphatic heterocycles. The number of pyridine rings is 1. The van der Waals surface area contributed by atoms with Gasteiger partial charge in [0.05, 0.1) is 24.0 Å². The minimum Gasteiger partial charge on any atom is -0.383 e. The van der Waals surface area contributed by atoms with Gasteiger partial charge in [-0.25, -0.2) is 18.7 Å². The van der Waals surface area contributed by atoms with Gasteiger partial charge >= 0.3 is 0 Å². The summed E-state index contributed by atoms with van der Waals surface area (Å²) in [5.74, 6) is -1.62. The predicted octanol–water partition coefficient (Wildman–Crippen LogP) is 3.35. The molecule has 1 amide bonds. The summed E-state index contributed by atoms with van der Waals surface area (Å²) in [4.78, 5) is 25.8. The van der Waals surface area contributed by atoms with Crippen molar-refractivity contribution in [2.75, 3.05) is 45.3 Å². The van der Waals surface area contributed by atoms with Crippen LogP contribution >= 0.6 is 0 Å². The molecule has 32 heavy (non-hydrogen) atoms. The Kier molecular flexibility index (Phi) is 6.36. The van der Waals surface area contributed by atoms with E-state index in [1.807, 2.05) is 23.6 Å². The van der Waals surface area contributed by atoms with Crippen LogP contribution in [0.4, 0.5) is 14.6 Å². The van der Waals surface area contributed by atoms with Crippen molar-refractivity contribution in [1.29, 1.82) is 0 Å². The molecular weight excluding hydrogens is 416 g/mol. The SMILES string of the molecule is COCCN(C)c1nc(C2CCN(C(=O)c3cccc(F)c3F)CC2)cc2c1ncn2C. The number of carbonyl (C=O) groups excluding carboxylic acids is 1. The number of amides is 1. The Bertz CT molecular complexity index is 1130. The highest BCUT2D eigenvalue weighted by molar-refractivity contribution is 5.94. The topological polar surface area (TPSA) is 63.5 Å². The van der Waals surface area contributed by atoms with Gasteiger partial charge in [0, 0.05) is 52.5 Å². The van der Waals surface area contributed by atoms with Gasteiger partial charge in [0.25, 0.3) is 5.91 Å². The molecule has 0 bridgehead atoms. The predicted molar refractivity (Wildman–Crippen MR) is 118 cm³/mol. The van der Waals surface area contributed by atoms with E-state index in [9.17, 15) is 13.6 Å². The number of hydrogen-bond donors (Lipinski definition) is 0. The third-order valence-corrected chi connectivity index (χ3v) is 6.09. The number of imidazole rings is 1. The van der Waals surface area contributed by atoms with Crippen molar-refractivity contribution in [1.82, 2.24) is 19.4 Å². The fourth-order valence-electron chi connectivity index (χ4n) is 4.16. The quantitative estimate of drug-likeness (QED) is 0.585. The number of methoxy groups -OCH3 is 1. The second-order valence-corrected chi connectivity index (χ2v) is 8.18. The molecule has 0 atom stereocenters. The number of likely N-dealkylation sites (tertiary alicyclic amines) is 1. The van der Waals surface area contributed by atoms with E-state index in [-0.39, 0.29) is 11.5 Å². The first-order chi connectivity index (χ1) is 15.4. The molecule has 170 valence electrons. The molecule has 0 spiro atoms. The number of aromatic nitrogens is 3. The number of halogens is 2. The summed E-state index contributed by atoms with van der Waals surface area (Å²) >= 11 is 0. The molecule has 3 heterocycles. The molecule has 0 N–H and O–H groups in total. The monoisotopic (exact) mass is 443 g/mol. The van der Waals surface area contributed by atoms with Gasteiger partial charge in [-0.15, -0.1) is 0 Å². The first kappa shape index (κ1) is 22.1. The van der Waals surface area contributed by atoms with E-state index in [1.165, 1.54) is 12.1 Å². The van der Waals surface area contributed by atoms with Gasteiger partial charge in [0.1, 0.15) is 5.52 Å². The summed E-state index contributed by atoms with van der Waals surface area (Å²) in [7, 11) is 5.58. The number of likely N-dealkylation sites (N-methyl/N-ethyl adjacent to an activating group) is 1. The Morgan fingerprint density at radius 2 is 2.03 bits per heavy atom. The number of piperidine rings is 1. The number of ether oxygens (including phenoxy) is 1. The zero-order valence-corrected chi connectivity index (χ0v) is 18.5. The van der Waals surface area contributed by atoms with Gasteiger partial charge in [-0.3, -0.25) is 4.79 Å². The van der Waals surface area contributed by atoms with E-state index >= 15 is 0 Å². The fraction of sp³-hybridized carbons (Fsp3) is 0.435. The van der Waals surface area contributed by atoms with E-state index in [0.29, 0.717) is 39.1 Å². The van der Waals surface area contributed by atoms with Crippen LogP contribution in [0.25, 0.3) is 11.0 Å². The highest BCUT2D eigenvalue weighted by Gasteiger charge is 2.28. The van der Waals surface area contributed by atoms with Gasteiger partial charge in [-0.05, 0) is 31.0 Å². The van der Waals surface area contributed by atoms with E-state index in [4.69, 9.17) is 9.72 Å². The standard InChI is InChI=1S/C23H27F2N5O2/c1-28(11-12-32-3)22-21-19(29(2)14-26-21)13-18(27-22)15-7-9-30(10-8-15)23(31)16-5-4-6-17(24)20(16)25/h4-6,13-15H,7-12H2,1-3H3. The lowest BCUT2D eigenvalue weighted by Crippen LogP contribution is -2.38. The lowest BCUT2D eigenvalue weighted by molar-refractivity contribution is 0.0706. The third kappa shape index (κ3) is 4.17. The highest BCUT2D eigenvalue weighted by Crippen LogP contribution is 2.32. The summed E-state index contributed by atoms with van der Waals surface area (Å²) in [6.07, 6.45) is 3.17. The number of fused-ring (bicyclic) bond motifs is 1. The molecule has 2 aromatic heterocycles. The molecule has 0 unspecified atom stereocenters. The second kappa shape index (κ2) is 9.20. The van der Waals surface area contributed by atoms with E-state index in [1.54, 1.807) is 18.3 Å². The first-order valence-electron chi connectivity index (χ1n) is 10.7. The Balaban J connectivity index is 1.54. The maximum atomic E-state index is 14.1. The molecular formula is C23H27F2N5O2. The number of carbonyl (C=O) groups is 1. The van der Waals surface area contributed by atoms with Crippen LogP contribution in [0.3, 0.4) is 0 Å². The molecule has 0 saturated carbocycles. The van der Waals surface area contributed by atoms with Crippen molar-refractivity contribution in [3.8, 4) is 0 Å². The first-order valence-corrected chi connectivity index (χ1v) is 10.7. The third-order valence-electron chi connectivity index (χ3n) is 6.09. The molecule has 1 fully saturated rings. The van der Waals surface area contributed by atoms with E-state index < -0.39 is 17.5 Å². The molecule has 1 saturated heterocycles. The van der Waals surface area contributed by atoms with Crippen LogP contribution in [-0.2, 0) is 11.8 Å². The summed E-state index contributed by atoms with van der Waals surface area (Å²) in [5.41, 5.74) is 2.56. The molecule has 1 aromatic carbocycles. The number of benzene rings is 1. The molecule has 7 nitrogen and oxygen atoms in total. The maximum absolute atomic E-state index is 14.1. The van der Waals surface area contributed by atoms with Crippen LogP contribution in [0.5, 0.6) is 0 Å². The van der Waals surface area contributed by atoms with Crippen molar-refractivity contribution in [2.45, 2.75) is 18.8 Å². The van der Waals surface area contributed by atoms with Crippen molar-refractivity contribution in [3.05, 3.63) is 53.5 Å². The summed E-state index contributed by atoms with van der Waals surface area (Å²) < 4.78 is 34.8. The Hall–Kier alpha value is -3.07. The second-order valence-electron chi connectivity index (χ2n) is 8.18. The van der Waals surface area contributed by atoms with Gasteiger partial charge in [-0.1, -0.05) is 6.07 Å². The van der Waals surface area contributed by atoms with Crippen LogP contribution in [0, 0.1) is 11.6 Å². The zero-order chi connectivity index (χ0) is 22.8. The highest BCUT2D eigenvalue weighted by atomic mass is 19.2. The number of rotatable bonds is 6. The van der Waals surface area contributed by atoms with Crippen LogP contribution in [0.15, 0.2) is 30.6 Å². The van der Waals surface area contributed by atoms with Crippen molar-refractivity contribution >= 4 is 22.8 Å². The van der Waals surface area contributed by atoms with Gasteiger partial charge < -0.3 is 19.1 Å². The molecule has 1 aliphatic rings. The summed E-state index contributed by atoms with van der Waals surface area (Å²) in [6.45, 7) is 2.18. The van der Waals surface area contributed by atoms with Crippen LogP contribution < -0.4 is 4.90 Å². The number of nitrogens with zero attached hydrogens (tertiary/aromatic N) is 5. The van der Waals surface area contributed by atoms with Crippen molar-refractivity contribution in [3.63, 3.8) is 0 Å². The largest absolute Gasteiger partial charge is 0.383 e. The van der Waals surface area contributed by atoms with Crippen molar-refractivity contribution in [2.24, 2.45) is 7.05 Å². The van der Waals surface area contributed by atoms with E-state index in [0.717, 1.165) is 28.6 Å². The van der Waals surface area contributed by atoms with Crippen LogP contribution in [0.2, 0.25) is 0 Å². The lowest BCUT2D eigenvalue weighted by Gasteiger charge is -2.32. The molecule has 4 rings (SSSR count). The Morgan fingerprint density at radius 1 is 1.28 bits per heavy atom. The Morgan fingerprint density at radius 3 is 2.75 bits per heavy atom. The minimum absolute atomic E-state index is 0.158. The van der Waals surface area contributed by atoms with Crippen LogP contribution in [-0.4, -0.2) is 65.7 Å². The maximum Gasteiger partial charge on any atom is 0.256 e. The molecule has 3 aromatic rings. The zero-order valence-electron chi connectivity index (χ0n) is 18.5. The Labute approximate surface area is 185 Å². The molecule has 9 heteroatoms.